The van der Waals surface area contributed by atoms with Crippen LogP contribution in [0.1, 0.15) is 26.3 Å². The van der Waals surface area contributed by atoms with Crippen molar-refractivity contribution in [1.82, 2.24) is 10.3 Å². The molecule has 0 heterocycles. The van der Waals surface area contributed by atoms with Crippen LogP contribution < -0.4 is 10.3 Å². The number of amides is 1. The highest BCUT2D eigenvalue weighted by Gasteiger charge is 2.16. The minimum absolute atomic E-state index is 0.0346. The Bertz CT molecular complexity index is 827. The fourth-order valence-corrected chi connectivity index (χ4v) is 2.57. The van der Waals surface area contributed by atoms with Gasteiger partial charge in [-0.15, -0.1) is 4.83 Å². The number of hydrogen-bond donors (Lipinski definition) is 3. The van der Waals surface area contributed by atoms with Crippen molar-refractivity contribution >= 4 is 21.9 Å². The number of hydrogen-bond acceptors (Lipinski definition) is 4. The molecule has 0 bridgehead atoms. The van der Waals surface area contributed by atoms with E-state index < -0.39 is 21.9 Å². The van der Waals surface area contributed by atoms with Crippen molar-refractivity contribution in [1.29, 1.82) is 0 Å². The van der Waals surface area contributed by atoms with E-state index in [1.807, 2.05) is 11.8 Å². The summed E-state index contributed by atoms with van der Waals surface area (Å²) in [5, 5.41) is 8.78. The van der Waals surface area contributed by atoms with Crippen LogP contribution in [-0.4, -0.2) is 25.4 Å². The Morgan fingerprint density at radius 1 is 0.913 bits per heavy atom. The summed E-state index contributed by atoms with van der Waals surface area (Å²) in [4.78, 5) is 24.4. The molecule has 0 aliphatic rings. The molecule has 0 fully saturated rings. The Labute approximate surface area is 133 Å². The molecule has 0 aromatic heterocycles. The standard InChI is InChI=1S/C15H14N2O5S/c1-10-2-4-11(5-3-10)14(18)16-17-23(21,22)13-8-6-12(7-9-13)15(19)20/h2-9,17H,1H3,(H,16,18)(H,19,20). The third kappa shape index (κ3) is 4.15. The number of carbonyl (C=O) groups excluding carboxylic acids is 1. The number of aryl methyl sites for hydroxylation is 1. The first kappa shape index (κ1) is 16.7. The largest absolute Gasteiger partial charge is 0.478 e. The Morgan fingerprint density at radius 3 is 1.96 bits per heavy atom. The number of hydrazine groups is 1. The molecule has 8 heteroatoms. The number of rotatable bonds is 5. The second-order valence-corrected chi connectivity index (χ2v) is 6.44. The van der Waals surface area contributed by atoms with Crippen molar-refractivity contribution < 1.29 is 23.1 Å². The van der Waals surface area contributed by atoms with E-state index in [1.54, 1.807) is 24.3 Å². The van der Waals surface area contributed by atoms with Crippen LogP contribution in [0.15, 0.2) is 53.4 Å². The summed E-state index contributed by atoms with van der Waals surface area (Å²) >= 11 is 0. The molecular formula is C15H14N2O5S. The lowest BCUT2D eigenvalue weighted by Gasteiger charge is -2.09. The molecule has 2 aromatic carbocycles. The number of aromatic carboxylic acids is 1. The number of sulfonamides is 1. The van der Waals surface area contributed by atoms with Crippen LogP contribution in [0.4, 0.5) is 0 Å². The quantitative estimate of drug-likeness (QED) is 0.714. The minimum Gasteiger partial charge on any atom is -0.478 e. The van der Waals surface area contributed by atoms with Crippen LogP contribution in [0, 0.1) is 6.92 Å². The maximum atomic E-state index is 12.0. The average molecular weight is 334 g/mol. The lowest BCUT2D eigenvalue weighted by molar-refractivity contribution is 0.0696. The molecule has 0 radical (unpaired) electrons. The van der Waals surface area contributed by atoms with E-state index in [0.29, 0.717) is 5.56 Å². The van der Waals surface area contributed by atoms with E-state index in [4.69, 9.17) is 5.11 Å². The van der Waals surface area contributed by atoms with Gasteiger partial charge in [0.25, 0.3) is 15.9 Å². The third-order valence-electron chi connectivity index (χ3n) is 3.02. The fraction of sp³-hybridized carbons (Fsp3) is 0.0667. The van der Waals surface area contributed by atoms with E-state index in [1.165, 1.54) is 12.1 Å². The number of nitrogens with one attached hydrogen (secondary N) is 2. The summed E-state index contributed by atoms with van der Waals surface area (Å²) in [5.74, 6) is -1.76. The lowest BCUT2D eigenvalue weighted by Crippen LogP contribution is -2.41. The van der Waals surface area contributed by atoms with Crippen molar-refractivity contribution in [2.45, 2.75) is 11.8 Å². The van der Waals surface area contributed by atoms with Gasteiger partial charge >= 0.3 is 5.97 Å². The van der Waals surface area contributed by atoms with Crippen LogP contribution in [0.25, 0.3) is 0 Å². The van der Waals surface area contributed by atoms with Crippen molar-refractivity contribution in [3.8, 4) is 0 Å². The van der Waals surface area contributed by atoms with E-state index in [0.717, 1.165) is 17.7 Å². The number of benzene rings is 2. The SMILES string of the molecule is Cc1ccc(C(=O)NNS(=O)(=O)c2ccc(C(=O)O)cc2)cc1. The number of carboxylic acids is 1. The summed E-state index contributed by atoms with van der Waals surface area (Å²) < 4.78 is 24.1. The van der Waals surface area contributed by atoms with E-state index in [9.17, 15) is 18.0 Å². The minimum atomic E-state index is -3.99. The molecule has 7 nitrogen and oxygen atoms in total. The number of carboxylic acid groups (broad SMARTS) is 1. The zero-order chi connectivity index (χ0) is 17.0. The van der Waals surface area contributed by atoms with Gasteiger partial charge in [-0.1, -0.05) is 17.7 Å². The van der Waals surface area contributed by atoms with Crippen LogP contribution in [0.3, 0.4) is 0 Å². The summed E-state index contributed by atoms with van der Waals surface area (Å²) in [6.07, 6.45) is 0. The monoisotopic (exact) mass is 334 g/mol. The second kappa shape index (κ2) is 6.59. The molecule has 0 saturated carbocycles. The fourth-order valence-electron chi connectivity index (χ4n) is 1.73. The summed E-state index contributed by atoms with van der Waals surface area (Å²) in [6, 6.07) is 11.2. The van der Waals surface area contributed by atoms with Crippen LogP contribution in [0.5, 0.6) is 0 Å². The Kier molecular flexibility index (Phi) is 4.77. The molecule has 3 N–H and O–H groups in total. The molecule has 0 saturated heterocycles. The maximum absolute atomic E-state index is 12.0. The molecule has 0 atom stereocenters. The van der Waals surface area contributed by atoms with Gasteiger partial charge in [-0.3, -0.25) is 10.2 Å². The number of carbonyl (C=O) groups is 2. The van der Waals surface area contributed by atoms with Crippen molar-refractivity contribution in [2.75, 3.05) is 0 Å². The van der Waals surface area contributed by atoms with Gasteiger partial charge in [0.15, 0.2) is 0 Å². The summed E-state index contributed by atoms with van der Waals surface area (Å²) in [6.45, 7) is 1.87. The van der Waals surface area contributed by atoms with Gasteiger partial charge in [0.1, 0.15) is 0 Å². The molecule has 0 unspecified atom stereocenters. The first-order valence-corrected chi connectivity index (χ1v) is 8.00. The highest BCUT2D eigenvalue weighted by Crippen LogP contribution is 2.10. The predicted molar refractivity (Wildman–Crippen MR) is 82.4 cm³/mol. The third-order valence-corrected chi connectivity index (χ3v) is 4.29. The summed E-state index contributed by atoms with van der Waals surface area (Å²) in [7, 11) is -3.99. The maximum Gasteiger partial charge on any atom is 0.335 e. The average Bonchev–Trinajstić information content (AvgIpc) is 2.53. The smallest absolute Gasteiger partial charge is 0.335 e. The van der Waals surface area contributed by atoms with Gasteiger partial charge < -0.3 is 5.11 Å². The topological polar surface area (TPSA) is 113 Å². The molecule has 2 rings (SSSR count). The van der Waals surface area contributed by atoms with Crippen LogP contribution >= 0.6 is 0 Å². The highest BCUT2D eigenvalue weighted by atomic mass is 32.2. The second-order valence-electron chi connectivity index (χ2n) is 4.76. The molecule has 0 spiro atoms. The molecule has 0 aliphatic heterocycles. The molecular weight excluding hydrogens is 320 g/mol. The Hall–Kier alpha value is -2.71. The van der Waals surface area contributed by atoms with Crippen LogP contribution in [0.2, 0.25) is 0 Å². The van der Waals surface area contributed by atoms with Gasteiger partial charge in [-0.25, -0.2) is 13.2 Å². The molecule has 1 amide bonds. The van der Waals surface area contributed by atoms with Crippen LogP contribution in [-0.2, 0) is 10.0 Å². The lowest BCUT2D eigenvalue weighted by atomic mass is 10.1. The van der Waals surface area contributed by atoms with Crippen molar-refractivity contribution in [2.24, 2.45) is 0 Å². The first-order chi connectivity index (χ1) is 10.8. The Balaban J connectivity index is 2.07. The highest BCUT2D eigenvalue weighted by molar-refractivity contribution is 7.89. The van der Waals surface area contributed by atoms with Gasteiger partial charge in [-0.2, -0.15) is 0 Å². The van der Waals surface area contributed by atoms with E-state index in [-0.39, 0.29) is 10.5 Å². The van der Waals surface area contributed by atoms with Gasteiger partial charge in [0.05, 0.1) is 10.5 Å². The molecule has 120 valence electrons. The van der Waals surface area contributed by atoms with Gasteiger partial charge in [0, 0.05) is 5.56 Å². The molecule has 0 aliphatic carbocycles. The van der Waals surface area contributed by atoms with Crippen molar-refractivity contribution in [3.63, 3.8) is 0 Å². The van der Waals surface area contributed by atoms with E-state index in [2.05, 4.69) is 5.43 Å². The zero-order valence-electron chi connectivity index (χ0n) is 12.1. The predicted octanol–water partition coefficient (Wildman–Crippen LogP) is 1.32. The molecule has 23 heavy (non-hydrogen) atoms. The van der Waals surface area contributed by atoms with Gasteiger partial charge in [-0.05, 0) is 43.3 Å². The molecule has 2 aromatic rings. The van der Waals surface area contributed by atoms with Crippen molar-refractivity contribution in [3.05, 3.63) is 65.2 Å². The van der Waals surface area contributed by atoms with Gasteiger partial charge in [0.2, 0.25) is 0 Å². The normalized spacial score (nSPS) is 11.0. The Morgan fingerprint density at radius 2 is 1.43 bits per heavy atom. The van der Waals surface area contributed by atoms with E-state index >= 15 is 0 Å². The summed E-state index contributed by atoms with van der Waals surface area (Å²) in [5.41, 5.74) is 3.34. The zero-order valence-corrected chi connectivity index (χ0v) is 12.9. The first-order valence-electron chi connectivity index (χ1n) is 6.52.